The first-order valence-electron chi connectivity index (χ1n) is 7.11. The molecule has 0 aliphatic rings. The van der Waals surface area contributed by atoms with Gasteiger partial charge in [-0.2, -0.15) is 5.10 Å². The van der Waals surface area contributed by atoms with E-state index >= 15 is 0 Å². The third-order valence-corrected chi connectivity index (χ3v) is 3.24. The molecular formula is C16H23N3. The minimum atomic E-state index is 1.09. The molecule has 0 aliphatic carbocycles. The van der Waals surface area contributed by atoms with Gasteiger partial charge in [-0.15, -0.1) is 0 Å². The van der Waals surface area contributed by atoms with Crippen molar-refractivity contribution < 1.29 is 0 Å². The largest absolute Gasteiger partial charge is 0.317 e. The fourth-order valence-corrected chi connectivity index (χ4v) is 2.16. The quantitative estimate of drug-likeness (QED) is 0.772. The van der Waals surface area contributed by atoms with E-state index in [2.05, 4.69) is 54.7 Å². The number of nitrogens with one attached hydrogen (secondary N) is 1. The fraction of sp³-hybridized carbons (Fsp3) is 0.438. The molecule has 0 unspecified atom stereocenters. The van der Waals surface area contributed by atoms with Gasteiger partial charge in [-0.3, -0.25) is 0 Å². The van der Waals surface area contributed by atoms with Crippen molar-refractivity contribution in [3.63, 3.8) is 0 Å². The summed E-state index contributed by atoms with van der Waals surface area (Å²) in [6.07, 6.45) is 7.57. The number of benzene rings is 1. The van der Waals surface area contributed by atoms with Crippen molar-refractivity contribution >= 4 is 0 Å². The van der Waals surface area contributed by atoms with E-state index in [9.17, 15) is 0 Å². The summed E-state index contributed by atoms with van der Waals surface area (Å²) in [6, 6.07) is 8.33. The molecule has 1 heterocycles. The van der Waals surface area contributed by atoms with E-state index in [4.69, 9.17) is 0 Å². The highest BCUT2D eigenvalue weighted by Crippen LogP contribution is 2.13. The molecule has 2 aromatic rings. The monoisotopic (exact) mass is 257 g/mol. The van der Waals surface area contributed by atoms with E-state index in [1.54, 1.807) is 0 Å². The molecular weight excluding hydrogens is 234 g/mol. The average molecular weight is 257 g/mol. The van der Waals surface area contributed by atoms with Crippen molar-refractivity contribution in [3.8, 4) is 5.69 Å². The van der Waals surface area contributed by atoms with Crippen LogP contribution in [0.3, 0.4) is 0 Å². The van der Waals surface area contributed by atoms with E-state index < -0.39 is 0 Å². The SMILES string of the molecule is CCCNCCCc1cnn(-c2ccccc2C)c1. The lowest BCUT2D eigenvalue weighted by Gasteiger charge is -2.04. The topological polar surface area (TPSA) is 29.9 Å². The number of hydrogen-bond acceptors (Lipinski definition) is 2. The van der Waals surface area contributed by atoms with Crippen LogP contribution < -0.4 is 5.32 Å². The number of nitrogens with zero attached hydrogens (tertiary/aromatic N) is 2. The van der Waals surface area contributed by atoms with Crippen molar-refractivity contribution in [2.75, 3.05) is 13.1 Å². The van der Waals surface area contributed by atoms with Gasteiger partial charge < -0.3 is 5.32 Å². The number of aromatic nitrogens is 2. The summed E-state index contributed by atoms with van der Waals surface area (Å²) < 4.78 is 1.98. The van der Waals surface area contributed by atoms with Crippen molar-refractivity contribution in [1.82, 2.24) is 15.1 Å². The molecule has 0 atom stereocenters. The standard InChI is InChI=1S/C16H23N3/c1-3-10-17-11-6-8-15-12-18-19(13-15)16-9-5-4-7-14(16)2/h4-5,7,9,12-13,17H,3,6,8,10-11H2,1-2H3. The second kappa shape index (κ2) is 7.10. The molecule has 0 amide bonds. The van der Waals surface area contributed by atoms with E-state index in [1.807, 2.05) is 10.9 Å². The highest BCUT2D eigenvalue weighted by molar-refractivity contribution is 5.39. The van der Waals surface area contributed by atoms with Crippen LogP contribution in [0.2, 0.25) is 0 Å². The normalized spacial score (nSPS) is 10.8. The molecule has 0 saturated heterocycles. The van der Waals surface area contributed by atoms with Gasteiger partial charge in [-0.1, -0.05) is 25.1 Å². The Morgan fingerprint density at radius 1 is 1.21 bits per heavy atom. The molecule has 0 fully saturated rings. The van der Waals surface area contributed by atoms with Crippen molar-refractivity contribution in [2.45, 2.75) is 33.1 Å². The van der Waals surface area contributed by atoms with Gasteiger partial charge in [0.2, 0.25) is 0 Å². The summed E-state index contributed by atoms with van der Waals surface area (Å²) in [4.78, 5) is 0. The van der Waals surface area contributed by atoms with Gasteiger partial charge in [0.25, 0.3) is 0 Å². The second-order valence-corrected chi connectivity index (χ2v) is 4.93. The van der Waals surface area contributed by atoms with Crippen LogP contribution in [-0.4, -0.2) is 22.9 Å². The Balaban J connectivity index is 1.91. The molecule has 102 valence electrons. The zero-order valence-corrected chi connectivity index (χ0v) is 11.9. The molecule has 0 spiro atoms. The minimum Gasteiger partial charge on any atom is -0.317 e. The minimum absolute atomic E-state index is 1.09. The zero-order valence-electron chi connectivity index (χ0n) is 11.9. The Morgan fingerprint density at radius 3 is 2.84 bits per heavy atom. The Labute approximate surface area is 115 Å². The number of rotatable bonds is 7. The predicted molar refractivity (Wildman–Crippen MR) is 79.8 cm³/mol. The van der Waals surface area contributed by atoms with E-state index in [-0.39, 0.29) is 0 Å². The van der Waals surface area contributed by atoms with Crippen LogP contribution in [0.4, 0.5) is 0 Å². The molecule has 2 rings (SSSR count). The summed E-state index contributed by atoms with van der Waals surface area (Å²) in [5, 5.41) is 7.88. The molecule has 19 heavy (non-hydrogen) atoms. The lowest BCUT2D eigenvalue weighted by Crippen LogP contribution is -2.16. The Kier molecular flexibility index (Phi) is 5.16. The summed E-state index contributed by atoms with van der Waals surface area (Å²) in [7, 11) is 0. The lowest BCUT2D eigenvalue weighted by molar-refractivity contribution is 0.640. The van der Waals surface area contributed by atoms with Gasteiger partial charge in [0.1, 0.15) is 0 Å². The van der Waals surface area contributed by atoms with Crippen molar-refractivity contribution in [2.24, 2.45) is 0 Å². The highest BCUT2D eigenvalue weighted by Gasteiger charge is 2.03. The van der Waals surface area contributed by atoms with Crippen LogP contribution in [-0.2, 0) is 6.42 Å². The molecule has 0 radical (unpaired) electrons. The van der Waals surface area contributed by atoms with Gasteiger partial charge in [-0.25, -0.2) is 4.68 Å². The Morgan fingerprint density at radius 2 is 2.05 bits per heavy atom. The molecule has 0 aliphatic heterocycles. The van der Waals surface area contributed by atoms with E-state index in [0.29, 0.717) is 0 Å². The van der Waals surface area contributed by atoms with Crippen LogP contribution in [0.15, 0.2) is 36.7 Å². The Hall–Kier alpha value is -1.61. The first-order valence-corrected chi connectivity index (χ1v) is 7.11. The molecule has 3 heteroatoms. The maximum absolute atomic E-state index is 4.46. The van der Waals surface area contributed by atoms with Gasteiger partial charge >= 0.3 is 0 Å². The number of aryl methyl sites for hydroxylation is 2. The van der Waals surface area contributed by atoms with Crippen LogP contribution in [0.1, 0.15) is 30.9 Å². The van der Waals surface area contributed by atoms with Crippen molar-refractivity contribution in [1.29, 1.82) is 0 Å². The summed E-state index contributed by atoms with van der Waals surface area (Å²) >= 11 is 0. The van der Waals surface area contributed by atoms with E-state index in [0.717, 1.165) is 25.2 Å². The van der Waals surface area contributed by atoms with Crippen LogP contribution in [0.5, 0.6) is 0 Å². The van der Waals surface area contributed by atoms with Gasteiger partial charge in [0.05, 0.1) is 11.9 Å². The first kappa shape index (κ1) is 13.8. The van der Waals surface area contributed by atoms with Gasteiger partial charge in [-0.05, 0) is 56.5 Å². The molecule has 1 aromatic carbocycles. The van der Waals surface area contributed by atoms with Gasteiger partial charge in [0.15, 0.2) is 0 Å². The van der Waals surface area contributed by atoms with Crippen molar-refractivity contribution in [3.05, 3.63) is 47.8 Å². The van der Waals surface area contributed by atoms with Crippen LogP contribution in [0, 0.1) is 6.92 Å². The van der Waals surface area contributed by atoms with E-state index in [1.165, 1.54) is 24.0 Å². The molecule has 1 aromatic heterocycles. The number of hydrogen-bond donors (Lipinski definition) is 1. The summed E-state index contributed by atoms with van der Waals surface area (Å²) in [5.41, 5.74) is 3.72. The number of para-hydroxylation sites is 1. The van der Waals surface area contributed by atoms with Gasteiger partial charge in [0, 0.05) is 6.20 Å². The average Bonchev–Trinajstić information content (AvgIpc) is 2.88. The highest BCUT2D eigenvalue weighted by atomic mass is 15.3. The third-order valence-electron chi connectivity index (χ3n) is 3.24. The molecule has 3 nitrogen and oxygen atoms in total. The lowest BCUT2D eigenvalue weighted by atomic mass is 10.2. The summed E-state index contributed by atoms with van der Waals surface area (Å²) in [5.74, 6) is 0. The smallest absolute Gasteiger partial charge is 0.0674 e. The molecule has 1 N–H and O–H groups in total. The fourth-order valence-electron chi connectivity index (χ4n) is 2.16. The van der Waals surface area contributed by atoms with Crippen LogP contribution in [0.25, 0.3) is 5.69 Å². The summed E-state index contributed by atoms with van der Waals surface area (Å²) in [6.45, 7) is 6.51. The third kappa shape index (κ3) is 3.93. The first-order chi connectivity index (χ1) is 9.31. The maximum atomic E-state index is 4.46. The van der Waals surface area contributed by atoms with Crippen LogP contribution >= 0.6 is 0 Å². The maximum Gasteiger partial charge on any atom is 0.0674 e. The zero-order chi connectivity index (χ0) is 13.5. The predicted octanol–water partition coefficient (Wildman–Crippen LogP) is 3.11. The Bertz CT molecular complexity index is 502. The molecule has 0 saturated carbocycles. The molecule has 0 bridgehead atoms. The second-order valence-electron chi connectivity index (χ2n) is 4.93.